The van der Waals surface area contributed by atoms with Crippen LogP contribution in [0.25, 0.3) is 21.7 Å². The molecule has 3 aromatic heterocycles. The molecule has 0 saturated heterocycles. The third-order valence-electron chi connectivity index (χ3n) is 4.15. The van der Waals surface area contributed by atoms with Crippen LogP contribution in [-0.2, 0) is 13.5 Å². The number of benzene rings is 1. The van der Waals surface area contributed by atoms with Crippen molar-refractivity contribution in [1.29, 1.82) is 0 Å². The van der Waals surface area contributed by atoms with E-state index >= 15 is 0 Å². The van der Waals surface area contributed by atoms with Gasteiger partial charge in [-0.1, -0.05) is 12.1 Å². The smallest absolute Gasteiger partial charge is 0.258 e. The van der Waals surface area contributed by atoms with Crippen molar-refractivity contribution in [2.75, 3.05) is 0 Å². The molecule has 4 nitrogen and oxygen atoms in total. The Morgan fingerprint density at radius 2 is 1.91 bits per heavy atom. The Kier molecular flexibility index (Phi) is 3.15. The summed E-state index contributed by atoms with van der Waals surface area (Å²) in [6, 6.07) is 11.9. The van der Waals surface area contributed by atoms with E-state index in [0.29, 0.717) is 5.39 Å². The molecule has 0 spiro atoms. The maximum atomic E-state index is 12.5. The van der Waals surface area contributed by atoms with Gasteiger partial charge in [0, 0.05) is 48.0 Å². The molecule has 0 aliphatic rings. The minimum absolute atomic E-state index is 0.00231. The lowest BCUT2D eigenvalue weighted by atomic mass is 9.97. The van der Waals surface area contributed by atoms with E-state index in [4.69, 9.17) is 0 Å². The first-order chi connectivity index (χ1) is 11.2. The molecule has 0 N–H and O–H groups in total. The molecule has 0 saturated carbocycles. The summed E-state index contributed by atoms with van der Waals surface area (Å²) in [4.78, 5) is 21.2. The predicted octanol–water partition coefficient (Wildman–Crippen LogP) is 3.07. The Bertz CT molecular complexity index is 1070. The zero-order valence-electron chi connectivity index (χ0n) is 12.7. The van der Waals surface area contributed by atoms with Crippen molar-refractivity contribution in [2.45, 2.75) is 6.42 Å². The fourth-order valence-electron chi connectivity index (χ4n) is 2.99. The van der Waals surface area contributed by atoms with Crippen LogP contribution in [0.3, 0.4) is 0 Å². The van der Waals surface area contributed by atoms with E-state index in [1.165, 1.54) is 0 Å². The summed E-state index contributed by atoms with van der Waals surface area (Å²) >= 11 is 0. The first-order valence-corrected chi connectivity index (χ1v) is 7.49. The van der Waals surface area contributed by atoms with Crippen molar-refractivity contribution in [3.63, 3.8) is 0 Å². The maximum absolute atomic E-state index is 12.5. The molecule has 23 heavy (non-hydrogen) atoms. The van der Waals surface area contributed by atoms with Crippen LogP contribution in [0.15, 0.2) is 66.0 Å². The second kappa shape index (κ2) is 5.32. The first kappa shape index (κ1) is 13.6. The summed E-state index contributed by atoms with van der Waals surface area (Å²) in [5, 5.41) is 2.69. The van der Waals surface area contributed by atoms with E-state index in [-0.39, 0.29) is 5.56 Å². The van der Waals surface area contributed by atoms with Crippen molar-refractivity contribution in [3.8, 4) is 0 Å². The van der Waals surface area contributed by atoms with Gasteiger partial charge in [-0.05, 0) is 41.8 Å². The molecule has 0 bridgehead atoms. The summed E-state index contributed by atoms with van der Waals surface area (Å²) in [6.07, 6.45) is 7.91. The molecular weight excluding hydrogens is 286 g/mol. The number of pyridine rings is 3. The van der Waals surface area contributed by atoms with E-state index in [9.17, 15) is 4.79 Å². The van der Waals surface area contributed by atoms with Gasteiger partial charge in [0.25, 0.3) is 5.56 Å². The maximum Gasteiger partial charge on any atom is 0.258 e. The van der Waals surface area contributed by atoms with Crippen LogP contribution in [0.2, 0.25) is 0 Å². The monoisotopic (exact) mass is 301 g/mol. The van der Waals surface area contributed by atoms with Gasteiger partial charge in [0.05, 0.1) is 5.52 Å². The molecule has 3 heterocycles. The van der Waals surface area contributed by atoms with Crippen LogP contribution in [0.1, 0.15) is 11.1 Å². The van der Waals surface area contributed by atoms with E-state index in [0.717, 1.165) is 33.8 Å². The van der Waals surface area contributed by atoms with Crippen molar-refractivity contribution in [1.82, 2.24) is 14.5 Å². The summed E-state index contributed by atoms with van der Waals surface area (Å²) in [6.45, 7) is 0. The van der Waals surface area contributed by atoms with Crippen molar-refractivity contribution < 1.29 is 0 Å². The molecule has 0 radical (unpaired) electrons. The molecule has 0 amide bonds. The van der Waals surface area contributed by atoms with Crippen LogP contribution in [0, 0.1) is 0 Å². The highest BCUT2D eigenvalue weighted by atomic mass is 16.1. The van der Waals surface area contributed by atoms with Crippen LogP contribution < -0.4 is 5.56 Å². The van der Waals surface area contributed by atoms with E-state index in [2.05, 4.69) is 16.0 Å². The van der Waals surface area contributed by atoms with Gasteiger partial charge in [-0.2, -0.15) is 0 Å². The van der Waals surface area contributed by atoms with Gasteiger partial charge < -0.3 is 4.57 Å². The van der Waals surface area contributed by atoms with Gasteiger partial charge in [-0.3, -0.25) is 14.8 Å². The van der Waals surface area contributed by atoms with Crippen molar-refractivity contribution in [3.05, 3.63) is 82.7 Å². The van der Waals surface area contributed by atoms with E-state index in [1.54, 1.807) is 30.2 Å². The van der Waals surface area contributed by atoms with Crippen LogP contribution in [-0.4, -0.2) is 14.5 Å². The molecule has 4 rings (SSSR count). The fourth-order valence-corrected chi connectivity index (χ4v) is 2.99. The standard InChI is InChI=1S/C19H15N3O/c1-22-9-6-16-17(19(22)23)11-14(10-13-4-2-7-20-12-13)15-5-3-8-21-18(15)16/h2-9,11-12H,10H2,1H3. The Balaban J connectivity index is 2.05. The summed E-state index contributed by atoms with van der Waals surface area (Å²) < 4.78 is 1.60. The summed E-state index contributed by atoms with van der Waals surface area (Å²) in [5.74, 6) is 0. The highest BCUT2D eigenvalue weighted by Gasteiger charge is 2.11. The zero-order chi connectivity index (χ0) is 15.8. The first-order valence-electron chi connectivity index (χ1n) is 7.49. The molecule has 1 aromatic carbocycles. The van der Waals surface area contributed by atoms with Crippen LogP contribution in [0.5, 0.6) is 0 Å². The second-order valence-corrected chi connectivity index (χ2v) is 5.67. The van der Waals surface area contributed by atoms with Crippen LogP contribution in [0.4, 0.5) is 0 Å². The lowest BCUT2D eigenvalue weighted by molar-refractivity contribution is 0.873. The zero-order valence-corrected chi connectivity index (χ0v) is 12.7. The van der Waals surface area contributed by atoms with Gasteiger partial charge in [-0.25, -0.2) is 0 Å². The molecule has 0 unspecified atom stereocenters. The lowest BCUT2D eigenvalue weighted by Crippen LogP contribution is -2.16. The molecule has 4 heteroatoms. The molecule has 4 aromatic rings. The minimum atomic E-state index is 0.00231. The normalized spacial score (nSPS) is 11.2. The largest absolute Gasteiger partial charge is 0.318 e. The van der Waals surface area contributed by atoms with Gasteiger partial charge in [0.15, 0.2) is 0 Å². The predicted molar refractivity (Wildman–Crippen MR) is 91.5 cm³/mol. The lowest BCUT2D eigenvalue weighted by Gasteiger charge is -2.10. The quantitative estimate of drug-likeness (QED) is 0.535. The number of hydrogen-bond donors (Lipinski definition) is 0. The number of hydrogen-bond acceptors (Lipinski definition) is 3. The fraction of sp³-hybridized carbons (Fsp3) is 0.105. The number of aromatic nitrogens is 3. The number of fused-ring (bicyclic) bond motifs is 3. The molecule has 0 aliphatic carbocycles. The second-order valence-electron chi connectivity index (χ2n) is 5.67. The SMILES string of the molecule is Cn1ccc2c(cc(Cc3cccnc3)c3cccnc32)c1=O. The molecule has 0 atom stereocenters. The summed E-state index contributed by atoms with van der Waals surface area (Å²) in [7, 11) is 1.77. The highest BCUT2D eigenvalue weighted by Crippen LogP contribution is 2.26. The van der Waals surface area contributed by atoms with Crippen LogP contribution >= 0.6 is 0 Å². The van der Waals surface area contributed by atoms with Gasteiger partial charge in [-0.15, -0.1) is 0 Å². The number of nitrogens with zero attached hydrogens (tertiary/aromatic N) is 3. The van der Waals surface area contributed by atoms with Crippen molar-refractivity contribution in [2.24, 2.45) is 7.05 Å². The van der Waals surface area contributed by atoms with Gasteiger partial charge in [0.1, 0.15) is 0 Å². The molecule has 112 valence electrons. The molecular formula is C19H15N3O. The number of rotatable bonds is 2. The third kappa shape index (κ3) is 2.28. The topological polar surface area (TPSA) is 47.8 Å². The minimum Gasteiger partial charge on any atom is -0.318 e. The van der Waals surface area contributed by atoms with E-state index in [1.807, 2.05) is 36.5 Å². The Hall–Kier alpha value is -3.01. The number of aryl methyl sites for hydroxylation is 1. The highest BCUT2D eigenvalue weighted by molar-refractivity contribution is 6.06. The van der Waals surface area contributed by atoms with Gasteiger partial charge >= 0.3 is 0 Å². The van der Waals surface area contributed by atoms with E-state index < -0.39 is 0 Å². The van der Waals surface area contributed by atoms with Gasteiger partial charge in [0.2, 0.25) is 0 Å². The Morgan fingerprint density at radius 1 is 1.04 bits per heavy atom. The Morgan fingerprint density at radius 3 is 2.74 bits per heavy atom. The average molecular weight is 301 g/mol. The summed E-state index contributed by atoms with van der Waals surface area (Å²) in [5.41, 5.74) is 3.09. The average Bonchev–Trinajstić information content (AvgIpc) is 2.60. The molecule has 0 fully saturated rings. The van der Waals surface area contributed by atoms with Crippen molar-refractivity contribution >= 4 is 21.7 Å². The third-order valence-corrected chi connectivity index (χ3v) is 4.15. The molecule has 0 aliphatic heterocycles. The Labute approximate surface area is 133 Å².